The Morgan fingerprint density at radius 3 is 3.04 bits per heavy atom. The summed E-state index contributed by atoms with van der Waals surface area (Å²) in [6.45, 7) is 0.122. The molecule has 0 fully saturated rings. The van der Waals surface area contributed by atoms with Gasteiger partial charge in [-0.25, -0.2) is 4.98 Å². The zero-order valence-electron chi connectivity index (χ0n) is 11.8. The van der Waals surface area contributed by atoms with Crippen molar-refractivity contribution >= 4 is 34.3 Å². The van der Waals surface area contributed by atoms with Gasteiger partial charge in [-0.05, 0) is 23.6 Å². The van der Waals surface area contributed by atoms with Gasteiger partial charge in [-0.15, -0.1) is 5.10 Å². The maximum Gasteiger partial charge on any atom is 0.322 e. The van der Waals surface area contributed by atoms with Crippen LogP contribution in [0.15, 0.2) is 51.8 Å². The lowest BCUT2D eigenvalue weighted by Gasteiger charge is -2.03. The van der Waals surface area contributed by atoms with E-state index in [2.05, 4.69) is 20.5 Å². The van der Waals surface area contributed by atoms with Crippen LogP contribution >= 0.6 is 11.3 Å². The van der Waals surface area contributed by atoms with Crippen molar-refractivity contribution in [3.8, 4) is 11.5 Å². The first-order valence-electron chi connectivity index (χ1n) is 6.85. The number of carbonyl (C=O) groups excluding carboxylic acids is 1. The molecule has 1 amide bonds. The van der Waals surface area contributed by atoms with Crippen molar-refractivity contribution in [2.75, 3.05) is 5.32 Å². The maximum absolute atomic E-state index is 12.1. The number of nitrogens with one attached hydrogen (secondary N) is 1. The zero-order valence-corrected chi connectivity index (χ0v) is 12.7. The smallest absolute Gasteiger partial charge is 0.322 e. The second kappa shape index (κ2) is 5.65. The van der Waals surface area contributed by atoms with E-state index in [1.165, 1.54) is 11.3 Å². The van der Waals surface area contributed by atoms with Gasteiger partial charge in [-0.3, -0.25) is 10.1 Å². The molecule has 4 rings (SSSR count). The first-order chi connectivity index (χ1) is 11.3. The van der Waals surface area contributed by atoms with Crippen LogP contribution in [-0.2, 0) is 11.3 Å². The molecular weight excluding hydrogens is 314 g/mol. The zero-order chi connectivity index (χ0) is 15.6. The van der Waals surface area contributed by atoms with Crippen molar-refractivity contribution in [1.29, 1.82) is 0 Å². The molecule has 0 bridgehead atoms. The summed E-state index contributed by atoms with van der Waals surface area (Å²) in [5.74, 6) is 0.128. The van der Waals surface area contributed by atoms with Gasteiger partial charge in [0.1, 0.15) is 6.54 Å². The van der Waals surface area contributed by atoms with Crippen LogP contribution in [0, 0.1) is 0 Å². The van der Waals surface area contributed by atoms with Crippen molar-refractivity contribution in [1.82, 2.24) is 19.7 Å². The van der Waals surface area contributed by atoms with Crippen LogP contribution < -0.4 is 5.32 Å². The molecule has 7 nitrogen and oxygen atoms in total. The number of benzene rings is 1. The molecule has 0 aliphatic carbocycles. The highest BCUT2D eigenvalue weighted by atomic mass is 32.1. The third-order valence-corrected chi connectivity index (χ3v) is 3.96. The number of hydrogen-bond acceptors (Lipinski definition) is 6. The Bertz CT molecular complexity index is 957. The molecule has 0 radical (unpaired) electrons. The van der Waals surface area contributed by atoms with Crippen molar-refractivity contribution in [3.63, 3.8) is 0 Å². The summed E-state index contributed by atoms with van der Waals surface area (Å²) in [6, 6.07) is 9.58. The number of rotatable bonds is 4. The van der Waals surface area contributed by atoms with Crippen LogP contribution in [0.4, 0.5) is 6.01 Å². The molecule has 1 N–H and O–H groups in total. The Hall–Kier alpha value is -3.00. The average Bonchev–Trinajstić information content (AvgIpc) is 3.27. The molecule has 114 valence electrons. The SMILES string of the molecule is O=C(Cn1cnc2ccccc21)Nc1nnc(-c2ccsc2)o1. The summed E-state index contributed by atoms with van der Waals surface area (Å²) >= 11 is 1.54. The van der Waals surface area contributed by atoms with E-state index in [1.807, 2.05) is 41.1 Å². The molecule has 0 atom stereocenters. The second-order valence-electron chi connectivity index (χ2n) is 4.83. The average molecular weight is 325 g/mol. The highest BCUT2D eigenvalue weighted by Gasteiger charge is 2.13. The van der Waals surface area contributed by atoms with Crippen LogP contribution in [0.25, 0.3) is 22.5 Å². The Balaban J connectivity index is 1.48. The van der Waals surface area contributed by atoms with Gasteiger partial charge in [-0.2, -0.15) is 11.3 Å². The standard InChI is InChI=1S/C15H11N5O2S/c21-13(7-20-9-16-11-3-1-2-4-12(11)20)17-15-19-18-14(22-15)10-5-6-23-8-10/h1-6,8-9H,7H2,(H,17,19,21). The van der Waals surface area contributed by atoms with E-state index in [9.17, 15) is 4.79 Å². The van der Waals surface area contributed by atoms with E-state index in [-0.39, 0.29) is 18.5 Å². The number of fused-ring (bicyclic) bond motifs is 1. The topological polar surface area (TPSA) is 85.8 Å². The van der Waals surface area contributed by atoms with E-state index in [1.54, 1.807) is 10.9 Å². The van der Waals surface area contributed by atoms with E-state index in [0.29, 0.717) is 5.89 Å². The van der Waals surface area contributed by atoms with E-state index in [0.717, 1.165) is 16.6 Å². The number of amides is 1. The van der Waals surface area contributed by atoms with Gasteiger partial charge in [0.25, 0.3) is 5.89 Å². The van der Waals surface area contributed by atoms with Crippen LogP contribution in [-0.4, -0.2) is 25.7 Å². The first kappa shape index (κ1) is 13.6. The Labute approximate surface area is 134 Å². The van der Waals surface area contributed by atoms with Crippen LogP contribution in [0.3, 0.4) is 0 Å². The number of nitrogens with zero attached hydrogens (tertiary/aromatic N) is 4. The molecule has 1 aromatic carbocycles. The van der Waals surface area contributed by atoms with E-state index < -0.39 is 0 Å². The van der Waals surface area contributed by atoms with E-state index in [4.69, 9.17) is 4.42 Å². The fourth-order valence-electron chi connectivity index (χ4n) is 2.23. The Morgan fingerprint density at radius 2 is 2.17 bits per heavy atom. The van der Waals surface area contributed by atoms with Gasteiger partial charge in [0.15, 0.2) is 0 Å². The predicted octanol–water partition coefficient (Wildman–Crippen LogP) is 2.79. The predicted molar refractivity (Wildman–Crippen MR) is 86.0 cm³/mol. The van der Waals surface area contributed by atoms with Crippen LogP contribution in [0.2, 0.25) is 0 Å². The van der Waals surface area contributed by atoms with Crippen molar-refractivity contribution < 1.29 is 9.21 Å². The third-order valence-electron chi connectivity index (χ3n) is 3.28. The summed E-state index contributed by atoms with van der Waals surface area (Å²) in [7, 11) is 0. The monoisotopic (exact) mass is 325 g/mol. The summed E-state index contributed by atoms with van der Waals surface area (Å²) in [6.07, 6.45) is 1.63. The van der Waals surface area contributed by atoms with Gasteiger partial charge >= 0.3 is 6.01 Å². The number of para-hydroxylation sites is 2. The largest absolute Gasteiger partial charge is 0.403 e. The molecule has 0 aliphatic heterocycles. The molecule has 0 saturated carbocycles. The van der Waals surface area contributed by atoms with Crippen molar-refractivity contribution in [3.05, 3.63) is 47.4 Å². The third kappa shape index (κ3) is 2.71. The molecule has 0 spiro atoms. The number of carbonyl (C=O) groups is 1. The Morgan fingerprint density at radius 1 is 1.26 bits per heavy atom. The fraction of sp³-hybridized carbons (Fsp3) is 0.0667. The molecule has 4 aromatic rings. The molecule has 23 heavy (non-hydrogen) atoms. The molecule has 8 heteroatoms. The van der Waals surface area contributed by atoms with Crippen LogP contribution in [0.1, 0.15) is 0 Å². The molecule has 3 heterocycles. The van der Waals surface area contributed by atoms with Crippen molar-refractivity contribution in [2.45, 2.75) is 6.54 Å². The van der Waals surface area contributed by atoms with Gasteiger partial charge in [0, 0.05) is 10.9 Å². The van der Waals surface area contributed by atoms with Crippen LogP contribution in [0.5, 0.6) is 0 Å². The lowest BCUT2D eigenvalue weighted by Crippen LogP contribution is -2.18. The quantitative estimate of drug-likeness (QED) is 0.623. The number of hydrogen-bond donors (Lipinski definition) is 1. The first-order valence-corrected chi connectivity index (χ1v) is 7.80. The summed E-state index contributed by atoms with van der Waals surface area (Å²) in [5.41, 5.74) is 2.58. The number of thiophene rings is 1. The minimum atomic E-state index is -0.256. The summed E-state index contributed by atoms with van der Waals surface area (Å²) < 4.78 is 7.20. The summed E-state index contributed by atoms with van der Waals surface area (Å²) in [5, 5.41) is 14.2. The lowest BCUT2D eigenvalue weighted by atomic mass is 10.3. The molecule has 0 saturated heterocycles. The number of anilines is 1. The van der Waals surface area contributed by atoms with Gasteiger partial charge in [0.2, 0.25) is 5.91 Å². The van der Waals surface area contributed by atoms with E-state index >= 15 is 0 Å². The highest BCUT2D eigenvalue weighted by Crippen LogP contribution is 2.22. The lowest BCUT2D eigenvalue weighted by molar-refractivity contribution is -0.116. The minimum Gasteiger partial charge on any atom is -0.403 e. The molecular formula is C15H11N5O2S. The number of imidazole rings is 1. The second-order valence-corrected chi connectivity index (χ2v) is 5.61. The van der Waals surface area contributed by atoms with Crippen molar-refractivity contribution in [2.24, 2.45) is 0 Å². The van der Waals surface area contributed by atoms with Gasteiger partial charge in [0.05, 0.1) is 17.4 Å². The normalized spacial score (nSPS) is 11.0. The highest BCUT2D eigenvalue weighted by molar-refractivity contribution is 7.08. The molecule has 0 unspecified atom stereocenters. The number of aromatic nitrogens is 4. The van der Waals surface area contributed by atoms with Gasteiger partial charge < -0.3 is 8.98 Å². The Kier molecular flexibility index (Phi) is 3.35. The fourth-order valence-corrected chi connectivity index (χ4v) is 2.86. The van der Waals surface area contributed by atoms with Gasteiger partial charge in [-0.1, -0.05) is 17.2 Å². The molecule has 3 aromatic heterocycles. The maximum atomic E-state index is 12.1. The minimum absolute atomic E-state index is 0.0839. The summed E-state index contributed by atoms with van der Waals surface area (Å²) in [4.78, 5) is 16.4. The molecule has 0 aliphatic rings.